The van der Waals surface area contributed by atoms with E-state index in [1.165, 1.54) is 18.2 Å². The number of hydrogen-bond acceptors (Lipinski definition) is 5. The molecule has 0 atom stereocenters. The molecular formula is C15H12Br2N2O5. The first-order valence-electron chi connectivity index (χ1n) is 6.69. The number of aryl methyl sites for hydroxylation is 1. The molecule has 0 saturated carbocycles. The van der Waals surface area contributed by atoms with Crippen molar-refractivity contribution in [2.24, 2.45) is 0 Å². The van der Waals surface area contributed by atoms with Crippen molar-refractivity contribution >= 4 is 49.2 Å². The van der Waals surface area contributed by atoms with Gasteiger partial charge in [0.05, 0.1) is 19.9 Å². The van der Waals surface area contributed by atoms with Gasteiger partial charge in [-0.1, -0.05) is 0 Å². The molecule has 2 aromatic carbocycles. The number of carboxylic acids is 1. The molecule has 0 heterocycles. The van der Waals surface area contributed by atoms with Gasteiger partial charge in [-0.2, -0.15) is 0 Å². The van der Waals surface area contributed by atoms with Crippen LogP contribution in [0.15, 0.2) is 39.3 Å². The zero-order chi connectivity index (χ0) is 17.9. The molecule has 24 heavy (non-hydrogen) atoms. The number of halogens is 2. The summed E-state index contributed by atoms with van der Waals surface area (Å²) in [7, 11) is 0. The highest BCUT2D eigenvalue weighted by Gasteiger charge is 2.16. The van der Waals surface area contributed by atoms with Gasteiger partial charge in [0.2, 0.25) is 0 Å². The second kappa shape index (κ2) is 7.63. The average Bonchev–Trinajstić information content (AvgIpc) is 2.50. The van der Waals surface area contributed by atoms with Crippen LogP contribution in [0.3, 0.4) is 0 Å². The first-order valence-corrected chi connectivity index (χ1v) is 8.28. The fourth-order valence-corrected chi connectivity index (χ4v) is 3.41. The Balaban J connectivity index is 2.28. The molecule has 0 unspecified atom stereocenters. The first kappa shape index (κ1) is 18.2. The molecule has 0 aliphatic rings. The van der Waals surface area contributed by atoms with E-state index in [4.69, 9.17) is 15.6 Å². The zero-order valence-corrected chi connectivity index (χ0v) is 15.3. The molecule has 0 aromatic heterocycles. The summed E-state index contributed by atoms with van der Waals surface area (Å²) in [5.41, 5.74) is 6.18. The van der Waals surface area contributed by atoms with Crippen molar-refractivity contribution in [1.29, 1.82) is 0 Å². The number of carbonyl (C=O) groups is 1. The lowest BCUT2D eigenvalue weighted by Gasteiger charge is -2.12. The van der Waals surface area contributed by atoms with Crippen LogP contribution in [-0.2, 0) is 11.2 Å². The number of nitrogens with zero attached hydrogens (tertiary/aromatic N) is 1. The summed E-state index contributed by atoms with van der Waals surface area (Å²) < 4.78 is 6.88. The highest BCUT2D eigenvalue weighted by Crippen LogP contribution is 2.39. The van der Waals surface area contributed by atoms with Crippen LogP contribution >= 0.6 is 31.9 Å². The van der Waals surface area contributed by atoms with Gasteiger partial charge in [-0.3, -0.25) is 14.9 Å². The number of nitrogens with two attached hydrogens (primary N) is 1. The number of anilines is 1. The average molecular weight is 460 g/mol. The van der Waals surface area contributed by atoms with Crippen molar-refractivity contribution in [2.75, 3.05) is 5.73 Å². The highest BCUT2D eigenvalue weighted by atomic mass is 79.9. The third-order valence-corrected chi connectivity index (χ3v) is 4.28. The number of ether oxygens (including phenoxy) is 1. The standard InChI is InChI=1S/C15H12Br2N2O5/c16-10-5-8(1-4-14(20)21)6-11(17)15(10)24-9-2-3-12(18)13(7-9)19(22)23/h2-3,5-7H,1,4,18H2,(H,20,21). The molecule has 0 bridgehead atoms. The van der Waals surface area contributed by atoms with E-state index >= 15 is 0 Å². The van der Waals surface area contributed by atoms with Crippen LogP contribution in [0.4, 0.5) is 11.4 Å². The number of benzene rings is 2. The summed E-state index contributed by atoms with van der Waals surface area (Å²) in [4.78, 5) is 21.0. The maximum atomic E-state index is 10.9. The van der Waals surface area contributed by atoms with E-state index in [9.17, 15) is 14.9 Å². The van der Waals surface area contributed by atoms with Crippen LogP contribution in [0.2, 0.25) is 0 Å². The summed E-state index contributed by atoms with van der Waals surface area (Å²) >= 11 is 6.73. The Morgan fingerprint density at radius 3 is 2.42 bits per heavy atom. The second-order valence-electron chi connectivity index (χ2n) is 4.86. The molecule has 0 amide bonds. The van der Waals surface area contributed by atoms with Crippen molar-refractivity contribution in [3.05, 3.63) is 55.0 Å². The van der Waals surface area contributed by atoms with Gasteiger partial charge in [-0.05, 0) is 68.1 Å². The van der Waals surface area contributed by atoms with Crippen molar-refractivity contribution in [3.8, 4) is 11.5 Å². The minimum atomic E-state index is -0.878. The minimum absolute atomic E-state index is 0.0171. The number of nitrogen functional groups attached to an aromatic ring is 1. The van der Waals surface area contributed by atoms with Crippen molar-refractivity contribution in [1.82, 2.24) is 0 Å². The fourth-order valence-electron chi connectivity index (χ4n) is 1.97. The van der Waals surface area contributed by atoms with Crippen molar-refractivity contribution in [3.63, 3.8) is 0 Å². The lowest BCUT2D eigenvalue weighted by Crippen LogP contribution is -1.99. The molecule has 0 aliphatic heterocycles. The third-order valence-electron chi connectivity index (χ3n) is 3.10. The molecule has 126 valence electrons. The summed E-state index contributed by atoms with van der Waals surface area (Å²) in [6, 6.07) is 7.66. The van der Waals surface area contributed by atoms with Crippen LogP contribution in [0.25, 0.3) is 0 Å². The van der Waals surface area contributed by atoms with Crippen molar-refractivity contribution < 1.29 is 19.6 Å². The van der Waals surface area contributed by atoms with Gasteiger partial charge < -0.3 is 15.6 Å². The topological polar surface area (TPSA) is 116 Å². The van der Waals surface area contributed by atoms with E-state index in [2.05, 4.69) is 31.9 Å². The molecule has 0 saturated heterocycles. The fraction of sp³-hybridized carbons (Fsp3) is 0.133. The number of aliphatic carboxylic acids is 1. The van der Waals surface area contributed by atoms with Gasteiger partial charge >= 0.3 is 5.97 Å². The summed E-state index contributed by atoms with van der Waals surface area (Å²) in [6.45, 7) is 0. The van der Waals surface area contributed by atoms with E-state index in [0.717, 1.165) is 5.56 Å². The summed E-state index contributed by atoms with van der Waals surface area (Å²) in [6.07, 6.45) is 0.392. The summed E-state index contributed by atoms with van der Waals surface area (Å²) in [5, 5.41) is 19.7. The van der Waals surface area contributed by atoms with Gasteiger partial charge in [0.25, 0.3) is 5.69 Å². The number of nitro benzene ring substituents is 1. The predicted octanol–water partition coefficient (Wildman–Crippen LogP) is 4.51. The van der Waals surface area contributed by atoms with Gasteiger partial charge in [0.1, 0.15) is 11.4 Å². The van der Waals surface area contributed by atoms with E-state index in [1.54, 1.807) is 12.1 Å². The van der Waals surface area contributed by atoms with Crippen molar-refractivity contribution in [2.45, 2.75) is 12.8 Å². The number of carboxylic acid groups (broad SMARTS) is 1. The maximum absolute atomic E-state index is 10.9. The largest absolute Gasteiger partial charge is 0.481 e. The third kappa shape index (κ3) is 4.45. The molecule has 9 heteroatoms. The number of nitro groups is 1. The molecule has 3 N–H and O–H groups in total. The molecule has 2 rings (SSSR count). The van der Waals surface area contributed by atoms with E-state index in [1.807, 2.05) is 0 Å². The molecular weight excluding hydrogens is 448 g/mol. The van der Waals surface area contributed by atoms with Crippen LogP contribution in [0.5, 0.6) is 11.5 Å². The van der Waals surface area contributed by atoms with Gasteiger partial charge in [0, 0.05) is 6.42 Å². The molecule has 2 aromatic rings. The first-order chi connectivity index (χ1) is 11.3. The number of rotatable bonds is 6. The lowest BCUT2D eigenvalue weighted by atomic mass is 10.1. The lowest BCUT2D eigenvalue weighted by molar-refractivity contribution is -0.384. The molecule has 0 fully saturated rings. The maximum Gasteiger partial charge on any atom is 0.303 e. The smallest absolute Gasteiger partial charge is 0.303 e. The zero-order valence-electron chi connectivity index (χ0n) is 12.2. The Bertz CT molecular complexity index is 787. The highest BCUT2D eigenvalue weighted by molar-refractivity contribution is 9.11. The van der Waals surface area contributed by atoms with Crippen LogP contribution in [0.1, 0.15) is 12.0 Å². The normalized spacial score (nSPS) is 10.4. The Morgan fingerprint density at radius 1 is 1.25 bits per heavy atom. The van der Waals surface area contributed by atoms with Gasteiger partial charge in [-0.25, -0.2) is 0 Å². The monoisotopic (exact) mass is 458 g/mol. The molecule has 0 spiro atoms. The number of hydrogen-bond donors (Lipinski definition) is 2. The Morgan fingerprint density at radius 2 is 1.88 bits per heavy atom. The molecule has 0 radical (unpaired) electrons. The van der Waals surface area contributed by atoms with Crippen LogP contribution in [-0.4, -0.2) is 16.0 Å². The summed E-state index contributed by atoms with van der Waals surface area (Å²) in [5.74, 6) is -0.194. The van der Waals surface area contributed by atoms with E-state index in [0.29, 0.717) is 21.1 Å². The minimum Gasteiger partial charge on any atom is -0.481 e. The van der Waals surface area contributed by atoms with Gasteiger partial charge in [-0.15, -0.1) is 0 Å². The van der Waals surface area contributed by atoms with E-state index < -0.39 is 10.9 Å². The molecule has 0 aliphatic carbocycles. The second-order valence-corrected chi connectivity index (χ2v) is 6.57. The SMILES string of the molecule is Nc1ccc(Oc2c(Br)cc(CCC(=O)O)cc2Br)cc1[N+](=O)[O-]. The van der Waals surface area contributed by atoms with Gasteiger partial charge in [0.15, 0.2) is 5.75 Å². The Labute approximate surface area is 153 Å². The van der Waals surface area contributed by atoms with Crippen LogP contribution in [0, 0.1) is 10.1 Å². The van der Waals surface area contributed by atoms with Crippen LogP contribution < -0.4 is 10.5 Å². The molecule has 7 nitrogen and oxygen atoms in total. The Kier molecular flexibility index (Phi) is 5.79. The predicted molar refractivity (Wildman–Crippen MR) is 95.4 cm³/mol. The van der Waals surface area contributed by atoms with E-state index in [-0.39, 0.29) is 23.5 Å². The quantitative estimate of drug-likeness (QED) is 0.373. The Hall–Kier alpha value is -2.13.